The number of carbonyl (C=O) groups is 2. The average molecular weight is 507 g/mol. The van der Waals surface area contributed by atoms with E-state index in [2.05, 4.69) is 0 Å². The minimum absolute atomic E-state index is 0.362. The predicted octanol–water partition coefficient (Wildman–Crippen LogP) is 4.07. The van der Waals surface area contributed by atoms with E-state index in [0.29, 0.717) is 10.4 Å². The smallest absolute Gasteiger partial charge is 0.475 e. The zero-order valence-corrected chi connectivity index (χ0v) is 18.7. The van der Waals surface area contributed by atoms with Crippen LogP contribution < -0.4 is 10.4 Å². The molecular formula is C16H10Cl6O4Si. The van der Waals surface area contributed by atoms with E-state index in [-0.39, 0.29) is 0 Å². The van der Waals surface area contributed by atoms with Crippen molar-refractivity contribution in [1.82, 2.24) is 0 Å². The van der Waals surface area contributed by atoms with Crippen molar-refractivity contribution in [3.05, 3.63) is 60.7 Å². The van der Waals surface area contributed by atoms with Gasteiger partial charge in [-0.2, -0.15) is 0 Å². The Hall–Kier alpha value is -0.663. The molecular weight excluding hydrogens is 497 g/mol. The van der Waals surface area contributed by atoms with Crippen molar-refractivity contribution in [1.29, 1.82) is 0 Å². The Morgan fingerprint density at radius 3 is 1.19 bits per heavy atom. The van der Waals surface area contributed by atoms with E-state index in [1.807, 2.05) is 0 Å². The van der Waals surface area contributed by atoms with Gasteiger partial charge in [-0.3, -0.25) is 0 Å². The Morgan fingerprint density at radius 2 is 0.926 bits per heavy atom. The minimum Gasteiger partial charge on any atom is -0.475 e. The fraction of sp³-hybridized carbons (Fsp3) is 0.125. The first-order valence-electron chi connectivity index (χ1n) is 7.18. The molecule has 0 radical (unpaired) electrons. The first kappa shape index (κ1) is 22.6. The van der Waals surface area contributed by atoms with Crippen molar-refractivity contribution < 1.29 is 18.4 Å². The van der Waals surface area contributed by atoms with Gasteiger partial charge < -0.3 is 8.85 Å². The summed E-state index contributed by atoms with van der Waals surface area (Å²) in [6.45, 7) is 0. The minimum atomic E-state index is -4.10. The molecule has 2 aromatic carbocycles. The number of carbonyl (C=O) groups excluding carboxylic acids is 2. The van der Waals surface area contributed by atoms with E-state index in [4.69, 9.17) is 78.5 Å². The molecule has 0 aliphatic rings. The number of hydrogen-bond donors (Lipinski definition) is 0. The first-order chi connectivity index (χ1) is 12.5. The Labute approximate surface area is 186 Å². The van der Waals surface area contributed by atoms with Crippen molar-refractivity contribution in [2.45, 2.75) is 7.59 Å². The van der Waals surface area contributed by atoms with Crippen LogP contribution in [0.15, 0.2) is 60.7 Å². The fourth-order valence-corrected chi connectivity index (χ4v) is 5.67. The third-order valence-corrected chi connectivity index (χ3v) is 7.30. The number of rotatable bonds is 4. The van der Waals surface area contributed by atoms with Crippen LogP contribution in [-0.4, -0.2) is 28.1 Å². The third kappa shape index (κ3) is 5.67. The van der Waals surface area contributed by atoms with E-state index in [9.17, 15) is 9.59 Å². The van der Waals surface area contributed by atoms with Gasteiger partial charge in [0.25, 0.3) is 7.59 Å². The standard InChI is InChI=1S/C16H10Cl6O4Si/c17-15(18,19)13(23)25-27(11-7-3-1-4-8-11,12-9-5-2-6-10-12)26-14(24)16(20,21)22/h1-10H. The highest BCUT2D eigenvalue weighted by atomic mass is 35.6. The Balaban J connectivity index is 2.69. The normalized spacial score (nSPS) is 12.4. The molecule has 0 fully saturated rings. The summed E-state index contributed by atoms with van der Waals surface area (Å²) in [5, 5.41) is 0.725. The Bertz CT molecular complexity index is 736. The number of benzene rings is 2. The van der Waals surface area contributed by atoms with Crippen molar-refractivity contribution >= 4 is 100 Å². The second kappa shape index (κ2) is 8.78. The van der Waals surface area contributed by atoms with E-state index >= 15 is 0 Å². The van der Waals surface area contributed by atoms with Gasteiger partial charge in [0.05, 0.1) is 0 Å². The maximum atomic E-state index is 12.4. The van der Waals surface area contributed by atoms with E-state index in [1.165, 1.54) is 0 Å². The molecule has 0 saturated heterocycles. The molecule has 0 spiro atoms. The third-order valence-electron chi connectivity index (χ3n) is 3.24. The highest BCUT2D eigenvalue weighted by Gasteiger charge is 2.54. The lowest BCUT2D eigenvalue weighted by molar-refractivity contribution is -0.139. The number of alkyl halides is 6. The molecule has 0 bridgehead atoms. The summed E-state index contributed by atoms with van der Waals surface area (Å²) in [6, 6.07) is 16.5. The van der Waals surface area contributed by atoms with Crippen LogP contribution in [0.25, 0.3) is 0 Å². The molecule has 0 unspecified atom stereocenters. The summed E-state index contributed by atoms with van der Waals surface area (Å²) in [6.07, 6.45) is 0. The van der Waals surface area contributed by atoms with Gasteiger partial charge in [-0.25, -0.2) is 9.59 Å². The zero-order valence-electron chi connectivity index (χ0n) is 13.2. The van der Waals surface area contributed by atoms with E-state index in [0.717, 1.165) is 0 Å². The molecule has 0 heterocycles. The van der Waals surface area contributed by atoms with Crippen LogP contribution in [0, 0.1) is 0 Å². The lowest BCUT2D eigenvalue weighted by atomic mass is 10.4. The Morgan fingerprint density at radius 1 is 0.630 bits per heavy atom. The van der Waals surface area contributed by atoms with Gasteiger partial charge in [-0.1, -0.05) is 130 Å². The van der Waals surface area contributed by atoms with Crippen LogP contribution >= 0.6 is 69.6 Å². The van der Waals surface area contributed by atoms with Crippen LogP contribution in [0.4, 0.5) is 0 Å². The second-order valence-corrected chi connectivity index (χ2v) is 12.5. The first-order valence-corrected chi connectivity index (χ1v) is 11.3. The van der Waals surface area contributed by atoms with Crippen LogP contribution in [0.5, 0.6) is 0 Å². The van der Waals surface area contributed by atoms with Gasteiger partial charge in [0.1, 0.15) is 0 Å². The van der Waals surface area contributed by atoms with Crippen LogP contribution in [0.2, 0.25) is 0 Å². The summed E-state index contributed by atoms with van der Waals surface area (Å²) in [7, 11) is -4.10. The molecule has 11 heteroatoms. The van der Waals surface area contributed by atoms with Gasteiger partial charge in [0.15, 0.2) is 0 Å². The summed E-state index contributed by atoms with van der Waals surface area (Å²) < 4.78 is 6.23. The van der Waals surface area contributed by atoms with Crippen molar-refractivity contribution in [2.75, 3.05) is 0 Å². The molecule has 0 amide bonds. The topological polar surface area (TPSA) is 52.6 Å². The molecule has 0 atom stereocenters. The molecule has 0 saturated carbocycles. The summed E-state index contributed by atoms with van der Waals surface area (Å²) in [5.74, 6) is -2.46. The maximum absolute atomic E-state index is 12.4. The fourth-order valence-electron chi connectivity index (χ4n) is 2.12. The summed E-state index contributed by atoms with van der Waals surface area (Å²) >= 11 is 33.9. The van der Waals surface area contributed by atoms with Gasteiger partial charge in [-0.05, 0) is 0 Å². The molecule has 4 nitrogen and oxygen atoms in total. The lowest BCUT2D eigenvalue weighted by Gasteiger charge is -2.32. The number of halogens is 6. The zero-order chi connectivity index (χ0) is 20.3. The van der Waals surface area contributed by atoms with E-state index < -0.39 is 28.1 Å². The highest BCUT2D eigenvalue weighted by molar-refractivity contribution is 6.95. The summed E-state index contributed by atoms with van der Waals surface area (Å²) in [5.41, 5.74) is 0. The van der Waals surface area contributed by atoms with Gasteiger partial charge in [0.2, 0.25) is 0 Å². The quantitative estimate of drug-likeness (QED) is 0.463. The van der Waals surface area contributed by atoms with Crippen LogP contribution in [-0.2, 0) is 18.4 Å². The van der Waals surface area contributed by atoms with Crippen LogP contribution in [0.3, 0.4) is 0 Å². The maximum Gasteiger partial charge on any atom is 0.535 e. The van der Waals surface area contributed by atoms with Gasteiger partial charge in [0, 0.05) is 10.4 Å². The van der Waals surface area contributed by atoms with Crippen molar-refractivity contribution in [3.63, 3.8) is 0 Å². The second-order valence-electron chi connectivity index (χ2n) is 5.12. The molecule has 0 aliphatic heterocycles. The van der Waals surface area contributed by atoms with Crippen molar-refractivity contribution in [2.24, 2.45) is 0 Å². The average Bonchev–Trinajstić information content (AvgIpc) is 2.60. The summed E-state index contributed by atoms with van der Waals surface area (Å²) in [4.78, 5) is 24.8. The largest absolute Gasteiger partial charge is 0.535 e. The van der Waals surface area contributed by atoms with Crippen LogP contribution in [0.1, 0.15) is 0 Å². The van der Waals surface area contributed by atoms with Gasteiger partial charge in [-0.15, -0.1) is 0 Å². The van der Waals surface area contributed by atoms with Crippen molar-refractivity contribution in [3.8, 4) is 0 Å². The molecule has 27 heavy (non-hydrogen) atoms. The highest BCUT2D eigenvalue weighted by Crippen LogP contribution is 2.32. The molecule has 0 aromatic heterocycles. The van der Waals surface area contributed by atoms with E-state index in [1.54, 1.807) is 60.7 Å². The SMILES string of the molecule is O=C(O[Si](OC(=O)C(Cl)(Cl)Cl)(c1ccccc1)c1ccccc1)C(Cl)(Cl)Cl. The molecule has 0 aliphatic carbocycles. The monoisotopic (exact) mass is 504 g/mol. The molecule has 0 N–H and O–H groups in total. The molecule has 2 aromatic rings. The Kier molecular flexibility index (Phi) is 7.36. The predicted molar refractivity (Wildman–Crippen MR) is 111 cm³/mol. The lowest BCUT2D eigenvalue weighted by Crippen LogP contribution is -2.66. The van der Waals surface area contributed by atoms with Gasteiger partial charge >= 0.3 is 20.5 Å². The number of hydrogen-bond acceptors (Lipinski definition) is 4. The molecule has 144 valence electrons. The molecule has 2 rings (SSSR count).